The van der Waals surface area contributed by atoms with Crippen LogP contribution in [0.4, 0.5) is 0 Å². The Kier molecular flexibility index (Phi) is 5.00. The number of carbonyl (C=O) groups is 1. The molecule has 1 aliphatic carbocycles. The van der Waals surface area contributed by atoms with Gasteiger partial charge in [0, 0.05) is 21.6 Å². The van der Waals surface area contributed by atoms with Gasteiger partial charge in [0.1, 0.15) is 0 Å². The highest BCUT2D eigenvalue weighted by Gasteiger charge is 2.23. The smallest absolute Gasteiger partial charge is 0.251 e. The predicted molar refractivity (Wildman–Crippen MR) is 79.5 cm³/mol. The van der Waals surface area contributed by atoms with E-state index < -0.39 is 0 Å². The van der Waals surface area contributed by atoms with Gasteiger partial charge in [-0.3, -0.25) is 4.79 Å². The second kappa shape index (κ2) is 6.52. The highest BCUT2D eigenvalue weighted by Crippen LogP contribution is 2.23. The molecule has 18 heavy (non-hydrogen) atoms. The van der Waals surface area contributed by atoms with E-state index in [9.17, 15) is 9.90 Å². The topological polar surface area (TPSA) is 49.3 Å². The van der Waals surface area contributed by atoms with Gasteiger partial charge < -0.3 is 10.4 Å². The van der Waals surface area contributed by atoms with Gasteiger partial charge in [0.15, 0.2) is 0 Å². The van der Waals surface area contributed by atoms with Gasteiger partial charge in [-0.25, -0.2) is 0 Å². The van der Waals surface area contributed by atoms with Crippen LogP contribution < -0.4 is 5.32 Å². The second-order valence-corrected chi connectivity index (χ2v) is 6.07. The average molecular weight is 359 g/mol. The first-order valence-corrected chi connectivity index (χ1v) is 7.46. The maximum atomic E-state index is 11.9. The molecule has 1 aliphatic rings. The zero-order chi connectivity index (χ0) is 13.0. The number of aliphatic hydroxyl groups excluding tert-OH is 1. The second-order valence-electron chi connectivity index (χ2n) is 4.83. The van der Waals surface area contributed by atoms with Crippen LogP contribution in [0.5, 0.6) is 0 Å². The number of hydrogen-bond donors (Lipinski definition) is 2. The van der Waals surface area contributed by atoms with Crippen LogP contribution in [0, 0.1) is 9.49 Å². The van der Waals surface area contributed by atoms with Crippen LogP contribution in [0.2, 0.25) is 0 Å². The number of amides is 1. The van der Waals surface area contributed by atoms with Crippen LogP contribution in [0.3, 0.4) is 0 Å². The van der Waals surface area contributed by atoms with Gasteiger partial charge in [0.05, 0.1) is 6.10 Å². The van der Waals surface area contributed by atoms with E-state index in [0.717, 1.165) is 29.3 Å². The van der Waals surface area contributed by atoms with Crippen molar-refractivity contribution in [2.45, 2.75) is 31.8 Å². The summed E-state index contributed by atoms with van der Waals surface area (Å²) in [4.78, 5) is 11.9. The summed E-state index contributed by atoms with van der Waals surface area (Å²) in [6.45, 7) is 0.575. The number of carbonyl (C=O) groups excluding carboxylic acids is 1. The summed E-state index contributed by atoms with van der Waals surface area (Å²) in [5.41, 5.74) is 0.681. The first kappa shape index (κ1) is 13.8. The quantitative estimate of drug-likeness (QED) is 0.815. The molecule has 4 heteroatoms. The lowest BCUT2D eigenvalue weighted by molar-refractivity contribution is 0.0663. The van der Waals surface area contributed by atoms with Crippen molar-refractivity contribution < 1.29 is 9.90 Å². The molecule has 1 amide bonds. The fourth-order valence-electron chi connectivity index (χ4n) is 2.35. The third kappa shape index (κ3) is 3.68. The molecule has 3 nitrogen and oxygen atoms in total. The van der Waals surface area contributed by atoms with Gasteiger partial charge in [0.2, 0.25) is 0 Å². The molecule has 1 fully saturated rings. The minimum Gasteiger partial charge on any atom is -0.393 e. The Morgan fingerprint density at radius 2 is 1.94 bits per heavy atom. The lowest BCUT2D eigenvalue weighted by Crippen LogP contribution is -2.36. The molecule has 1 aromatic rings. The minimum atomic E-state index is -0.254. The molecule has 1 saturated carbocycles. The van der Waals surface area contributed by atoms with Crippen molar-refractivity contribution in [1.29, 1.82) is 0 Å². The Balaban J connectivity index is 1.86. The molecule has 2 atom stereocenters. The third-order valence-corrected chi connectivity index (χ3v) is 4.22. The van der Waals surface area contributed by atoms with E-state index in [0.29, 0.717) is 12.1 Å². The number of nitrogens with one attached hydrogen (secondary N) is 1. The Morgan fingerprint density at radius 1 is 1.28 bits per heavy atom. The SMILES string of the molecule is O=C(NCC1CCCCC1O)c1ccc(I)cc1. The Morgan fingerprint density at radius 3 is 2.61 bits per heavy atom. The predicted octanol–water partition coefficient (Wildman–Crippen LogP) is 2.57. The number of halogens is 1. The minimum absolute atomic E-state index is 0.0517. The van der Waals surface area contributed by atoms with Gasteiger partial charge in [-0.1, -0.05) is 12.8 Å². The summed E-state index contributed by atoms with van der Waals surface area (Å²) in [5, 5.41) is 12.8. The lowest BCUT2D eigenvalue weighted by Gasteiger charge is -2.27. The van der Waals surface area contributed by atoms with Crippen molar-refractivity contribution in [3.05, 3.63) is 33.4 Å². The van der Waals surface area contributed by atoms with Gasteiger partial charge in [-0.05, 0) is 59.7 Å². The maximum absolute atomic E-state index is 11.9. The van der Waals surface area contributed by atoms with Crippen LogP contribution >= 0.6 is 22.6 Å². The van der Waals surface area contributed by atoms with Crippen LogP contribution in [-0.2, 0) is 0 Å². The molecule has 2 N–H and O–H groups in total. The fourth-order valence-corrected chi connectivity index (χ4v) is 2.71. The van der Waals surface area contributed by atoms with Gasteiger partial charge in [0.25, 0.3) is 5.91 Å². The standard InChI is InChI=1S/C14H18INO2/c15-12-7-5-10(6-8-12)14(18)16-9-11-3-1-2-4-13(11)17/h5-8,11,13,17H,1-4,9H2,(H,16,18). The van der Waals surface area contributed by atoms with Gasteiger partial charge in [-0.2, -0.15) is 0 Å². The molecule has 0 saturated heterocycles. The molecule has 0 radical (unpaired) electrons. The Labute approximate surface area is 121 Å². The van der Waals surface area contributed by atoms with Crippen LogP contribution in [-0.4, -0.2) is 23.7 Å². The molecule has 0 aromatic heterocycles. The monoisotopic (exact) mass is 359 g/mol. The zero-order valence-corrected chi connectivity index (χ0v) is 12.4. The zero-order valence-electron chi connectivity index (χ0n) is 10.2. The summed E-state index contributed by atoms with van der Waals surface area (Å²) >= 11 is 2.21. The molecule has 98 valence electrons. The maximum Gasteiger partial charge on any atom is 0.251 e. The normalized spacial score (nSPS) is 23.7. The largest absolute Gasteiger partial charge is 0.393 e. The van der Waals surface area contributed by atoms with E-state index in [1.54, 1.807) is 0 Å². The highest BCUT2D eigenvalue weighted by atomic mass is 127. The number of rotatable bonds is 3. The summed E-state index contributed by atoms with van der Waals surface area (Å²) < 4.78 is 1.12. The molecule has 2 unspecified atom stereocenters. The summed E-state index contributed by atoms with van der Waals surface area (Å²) in [6.07, 6.45) is 3.87. The molecule has 0 spiro atoms. The van der Waals surface area contributed by atoms with E-state index in [4.69, 9.17) is 0 Å². The first-order chi connectivity index (χ1) is 8.66. The van der Waals surface area contributed by atoms with E-state index in [1.165, 1.54) is 0 Å². The molecular weight excluding hydrogens is 341 g/mol. The van der Waals surface area contributed by atoms with Crippen molar-refractivity contribution in [2.24, 2.45) is 5.92 Å². The van der Waals surface area contributed by atoms with Crippen LogP contribution in [0.1, 0.15) is 36.0 Å². The molecule has 1 aromatic carbocycles. The van der Waals surface area contributed by atoms with E-state index in [2.05, 4.69) is 27.9 Å². The summed E-state index contributed by atoms with van der Waals surface area (Å²) in [7, 11) is 0. The van der Waals surface area contributed by atoms with Crippen molar-refractivity contribution >= 4 is 28.5 Å². The highest BCUT2D eigenvalue weighted by molar-refractivity contribution is 14.1. The average Bonchev–Trinajstić information content (AvgIpc) is 2.38. The van der Waals surface area contributed by atoms with E-state index in [1.807, 2.05) is 24.3 Å². The number of hydrogen-bond acceptors (Lipinski definition) is 2. The molecular formula is C14H18INO2. The van der Waals surface area contributed by atoms with E-state index >= 15 is 0 Å². The van der Waals surface area contributed by atoms with Gasteiger partial charge >= 0.3 is 0 Å². The van der Waals surface area contributed by atoms with Crippen molar-refractivity contribution in [3.63, 3.8) is 0 Å². The van der Waals surface area contributed by atoms with Crippen molar-refractivity contribution in [1.82, 2.24) is 5.32 Å². The Hall–Kier alpha value is -0.620. The molecule has 0 bridgehead atoms. The first-order valence-electron chi connectivity index (χ1n) is 6.38. The van der Waals surface area contributed by atoms with Crippen molar-refractivity contribution in [2.75, 3.05) is 6.54 Å². The fraction of sp³-hybridized carbons (Fsp3) is 0.500. The summed E-state index contributed by atoms with van der Waals surface area (Å²) in [6, 6.07) is 7.50. The van der Waals surface area contributed by atoms with E-state index in [-0.39, 0.29) is 17.9 Å². The lowest BCUT2D eigenvalue weighted by atomic mass is 9.86. The van der Waals surface area contributed by atoms with Gasteiger partial charge in [-0.15, -0.1) is 0 Å². The van der Waals surface area contributed by atoms with Crippen LogP contribution in [0.15, 0.2) is 24.3 Å². The number of aliphatic hydroxyl groups is 1. The third-order valence-electron chi connectivity index (χ3n) is 3.50. The van der Waals surface area contributed by atoms with Crippen LogP contribution in [0.25, 0.3) is 0 Å². The summed E-state index contributed by atoms with van der Waals surface area (Å²) in [5.74, 6) is 0.163. The molecule has 0 aliphatic heterocycles. The van der Waals surface area contributed by atoms with Crippen molar-refractivity contribution in [3.8, 4) is 0 Å². The molecule has 0 heterocycles. The number of benzene rings is 1. The Bertz CT molecular complexity index is 405. The molecule has 2 rings (SSSR count).